The average molecular weight is 185 g/mol. The van der Waals surface area contributed by atoms with Gasteiger partial charge in [0, 0.05) is 6.54 Å². The SMILES string of the molecule is CC(C)(C)ONCCC(F)(F)F. The molecule has 0 radical (unpaired) electrons. The Labute approximate surface area is 70.0 Å². The number of nitrogens with one attached hydrogen (secondary N) is 1. The number of hydrogen-bond donors (Lipinski definition) is 1. The highest BCUT2D eigenvalue weighted by atomic mass is 19.4. The van der Waals surface area contributed by atoms with Gasteiger partial charge in [0.2, 0.25) is 0 Å². The highest BCUT2D eigenvalue weighted by molar-refractivity contribution is 4.57. The molecule has 2 nitrogen and oxygen atoms in total. The van der Waals surface area contributed by atoms with Gasteiger partial charge < -0.3 is 0 Å². The summed E-state index contributed by atoms with van der Waals surface area (Å²) < 4.78 is 34.7. The highest BCUT2D eigenvalue weighted by Crippen LogP contribution is 2.18. The quantitative estimate of drug-likeness (QED) is 0.538. The van der Waals surface area contributed by atoms with Gasteiger partial charge in [-0.1, -0.05) is 0 Å². The molecule has 0 aromatic carbocycles. The minimum atomic E-state index is -4.12. The summed E-state index contributed by atoms with van der Waals surface area (Å²) in [7, 11) is 0. The van der Waals surface area contributed by atoms with Gasteiger partial charge in [-0.2, -0.15) is 13.2 Å². The van der Waals surface area contributed by atoms with Crippen LogP contribution in [-0.4, -0.2) is 18.3 Å². The van der Waals surface area contributed by atoms with Crippen LogP contribution in [0.5, 0.6) is 0 Å². The van der Waals surface area contributed by atoms with Crippen molar-refractivity contribution in [2.45, 2.75) is 39.0 Å². The van der Waals surface area contributed by atoms with E-state index in [0.717, 1.165) is 0 Å². The van der Waals surface area contributed by atoms with Gasteiger partial charge in [0.25, 0.3) is 0 Å². The molecule has 0 aromatic rings. The Morgan fingerprint density at radius 2 is 1.67 bits per heavy atom. The fourth-order valence-electron chi connectivity index (χ4n) is 0.460. The molecule has 0 saturated heterocycles. The van der Waals surface area contributed by atoms with Crippen molar-refractivity contribution in [2.24, 2.45) is 0 Å². The smallest absolute Gasteiger partial charge is 0.296 e. The van der Waals surface area contributed by atoms with Crippen LogP contribution in [0.3, 0.4) is 0 Å². The normalized spacial score (nSPS) is 13.5. The summed E-state index contributed by atoms with van der Waals surface area (Å²) in [6.45, 7) is 5.07. The first-order valence-electron chi connectivity index (χ1n) is 3.68. The molecule has 0 amide bonds. The van der Waals surface area contributed by atoms with E-state index < -0.39 is 18.2 Å². The van der Waals surface area contributed by atoms with Crippen LogP contribution < -0.4 is 5.48 Å². The summed E-state index contributed by atoms with van der Waals surface area (Å²) in [5, 5.41) is 0. The first kappa shape index (κ1) is 11.7. The Balaban J connectivity index is 3.35. The van der Waals surface area contributed by atoms with Crippen molar-refractivity contribution in [3.05, 3.63) is 0 Å². The van der Waals surface area contributed by atoms with Gasteiger partial charge in [0.15, 0.2) is 0 Å². The second-order valence-electron chi connectivity index (χ2n) is 3.47. The molecule has 0 fully saturated rings. The molecule has 12 heavy (non-hydrogen) atoms. The molecule has 0 bridgehead atoms. The molecule has 1 N–H and O–H groups in total. The third kappa shape index (κ3) is 9.71. The predicted molar refractivity (Wildman–Crippen MR) is 39.5 cm³/mol. The molecule has 0 rings (SSSR count). The van der Waals surface area contributed by atoms with Crippen LogP contribution in [0, 0.1) is 0 Å². The van der Waals surface area contributed by atoms with Gasteiger partial charge in [-0.3, -0.25) is 4.84 Å². The van der Waals surface area contributed by atoms with Crippen LogP contribution in [0.4, 0.5) is 13.2 Å². The molecular formula is C7H14F3NO. The van der Waals surface area contributed by atoms with E-state index in [0.29, 0.717) is 0 Å². The van der Waals surface area contributed by atoms with Crippen LogP contribution in [0.15, 0.2) is 0 Å². The fourth-order valence-corrected chi connectivity index (χ4v) is 0.460. The maximum absolute atomic E-state index is 11.6. The number of hydroxylamine groups is 1. The zero-order valence-corrected chi connectivity index (χ0v) is 7.46. The van der Waals surface area contributed by atoms with E-state index in [-0.39, 0.29) is 6.54 Å². The standard InChI is InChI=1S/C7H14F3NO/c1-6(2,3)12-11-5-4-7(8,9)10/h11H,4-5H2,1-3H3. The van der Waals surface area contributed by atoms with E-state index in [1.165, 1.54) is 0 Å². The van der Waals surface area contributed by atoms with Crippen LogP contribution in [0.25, 0.3) is 0 Å². The number of halogens is 3. The summed E-state index contributed by atoms with van der Waals surface area (Å²) in [5.41, 5.74) is 1.81. The molecule has 5 heteroatoms. The van der Waals surface area contributed by atoms with Gasteiger partial charge >= 0.3 is 6.18 Å². The lowest BCUT2D eigenvalue weighted by Crippen LogP contribution is -2.31. The molecular weight excluding hydrogens is 171 g/mol. The third-order valence-electron chi connectivity index (χ3n) is 0.889. The van der Waals surface area contributed by atoms with E-state index >= 15 is 0 Å². The third-order valence-corrected chi connectivity index (χ3v) is 0.889. The lowest BCUT2D eigenvalue weighted by atomic mass is 10.2. The van der Waals surface area contributed by atoms with E-state index in [9.17, 15) is 13.2 Å². The Hall–Kier alpha value is -0.290. The summed E-state index contributed by atoms with van der Waals surface area (Å²) in [5.74, 6) is 0. The monoisotopic (exact) mass is 185 g/mol. The maximum atomic E-state index is 11.6. The number of alkyl halides is 3. The molecule has 0 aliphatic heterocycles. The van der Waals surface area contributed by atoms with Crippen molar-refractivity contribution in [3.63, 3.8) is 0 Å². The zero-order valence-electron chi connectivity index (χ0n) is 7.46. The Morgan fingerprint density at radius 1 is 1.17 bits per heavy atom. The number of hydrogen-bond acceptors (Lipinski definition) is 2. The first-order chi connectivity index (χ1) is 5.21. The average Bonchev–Trinajstić information content (AvgIpc) is 1.76. The molecule has 0 atom stereocenters. The van der Waals surface area contributed by atoms with Gasteiger partial charge in [0.1, 0.15) is 0 Å². The van der Waals surface area contributed by atoms with Gasteiger partial charge in [0.05, 0.1) is 12.0 Å². The summed E-state index contributed by atoms with van der Waals surface area (Å²) in [6.07, 6.45) is -4.99. The van der Waals surface area contributed by atoms with Crippen molar-refractivity contribution in [1.29, 1.82) is 0 Å². The summed E-state index contributed by atoms with van der Waals surface area (Å²) in [6, 6.07) is 0. The molecule has 0 aliphatic carbocycles. The van der Waals surface area contributed by atoms with Gasteiger partial charge in [-0.05, 0) is 20.8 Å². The molecule has 0 heterocycles. The second kappa shape index (κ2) is 4.09. The largest absolute Gasteiger partial charge is 0.390 e. The van der Waals surface area contributed by atoms with Gasteiger partial charge in [-0.15, -0.1) is 0 Å². The fraction of sp³-hybridized carbons (Fsp3) is 1.00. The van der Waals surface area contributed by atoms with E-state index in [2.05, 4.69) is 5.48 Å². The second-order valence-corrected chi connectivity index (χ2v) is 3.47. The maximum Gasteiger partial charge on any atom is 0.390 e. The van der Waals surface area contributed by atoms with E-state index in [1.807, 2.05) is 0 Å². The minimum absolute atomic E-state index is 0.208. The van der Waals surface area contributed by atoms with Crippen LogP contribution >= 0.6 is 0 Å². The molecule has 0 aromatic heterocycles. The molecule has 0 spiro atoms. The molecule has 0 saturated carbocycles. The summed E-state index contributed by atoms with van der Waals surface area (Å²) in [4.78, 5) is 4.87. The van der Waals surface area contributed by atoms with Crippen LogP contribution in [-0.2, 0) is 4.84 Å². The lowest BCUT2D eigenvalue weighted by molar-refractivity contribution is -0.146. The van der Waals surface area contributed by atoms with Crippen LogP contribution in [0.1, 0.15) is 27.2 Å². The van der Waals surface area contributed by atoms with E-state index in [1.54, 1.807) is 20.8 Å². The lowest BCUT2D eigenvalue weighted by Gasteiger charge is -2.19. The van der Waals surface area contributed by atoms with Crippen molar-refractivity contribution >= 4 is 0 Å². The van der Waals surface area contributed by atoms with Crippen LogP contribution in [0.2, 0.25) is 0 Å². The van der Waals surface area contributed by atoms with E-state index in [4.69, 9.17) is 4.84 Å². The Kier molecular flexibility index (Phi) is 3.99. The summed E-state index contributed by atoms with van der Waals surface area (Å²) >= 11 is 0. The topological polar surface area (TPSA) is 21.3 Å². The number of rotatable bonds is 3. The van der Waals surface area contributed by atoms with Crippen molar-refractivity contribution in [2.75, 3.05) is 6.54 Å². The zero-order chi connectivity index (χ0) is 9.83. The predicted octanol–water partition coefficient (Wildman–Crippen LogP) is 2.26. The molecule has 0 unspecified atom stereocenters. The van der Waals surface area contributed by atoms with Crippen molar-refractivity contribution in [3.8, 4) is 0 Å². The Morgan fingerprint density at radius 3 is 2.00 bits per heavy atom. The van der Waals surface area contributed by atoms with Gasteiger partial charge in [-0.25, -0.2) is 5.48 Å². The molecule has 74 valence electrons. The molecule has 0 aliphatic rings. The Bertz CT molecular complexity index is 112. The first-order valence-corrected chi connectivity index (χ1v) is 3.68. The highest BCUT2D eigenvalue weighted by Gasteiger charge is 2.26. The minimum Gasteiger partial charge on any atom is -0.296 e. The van der Waals surface area contributed by atoms with Crippen molar-refractivity contribution < 1.29 is 18.0 Å². The van der Waals surface area contributed by atoms with Crippen molar-refractivity contribution in [1.82, 2.24) is 5.48 Å².